The van der Waals surface area contributed by atoms with Crippen LogP contribution in [0.1, 0.15) is 48.4 Å². The summed E-state index contributed by atoms with van der Waals surface area (Å²) in [5.41, 5.74) is 8.92. The van der Waals surface area contributed by atoms with Gasteiger partial charge in [-0.2, -0.15) is 0 Å². The molecule has 0 radical (unpaired) electrons. The number of nitrogens with one attached hydrogen (secondary N) is 5. The number of fused-ring (bicyclic) bond motifs is 3. The number of carboxylic acids is 1. The van der Waals surface area contributed by atoms with E-state index in [9.17, 15) is 38.7 Å². The van der Waals surface area contributed by atoms with Crippen LogP contribution in [-0.4, -0.2) is 116 Å². The molecular weight excluding hydrogens is 883 g/mol. The Kier molecular flexibility index (Phi) is 18.6. The molecule has 364 valence electrons. The van der Waals surface area contributed by atoms with Gasteiger partial charge in [-0.15, -0.1) is 0 Å². The third-order valence-electron chi connectivity index (χ3n) is 12.1. The number of hydrogen-bond donors (Lipinski definition) is 7. The van der Waals surface area contributed by atoms with E-state index in [1.54, 1.807) is 41.3 Å². The molecule has 17 nitrogen and oxygen atoms in total. The van der Waals surface area contributed by atoms with Gasteiger partial charge in [0.2, 0.25) is 35.4 Å². The average molecular weight is 944 g/mol. The third kappa shape index (κ3) is 15.1. The smallest absolute Gasteiger partial charge is 0.344 e. The van der Waals surface area contributed by atoms with Crippen molar-refractivity contribution in [3.63, 3.8) is 0 Å². The van der Waals surface area contributed by atoms with Gasteiger partial charge in [0.25, 0.3) is 0 Å². The zero-order chi connectivity index (χ0) is 49.2. The van der Waals surface area contributed by atoms with Gasteiger partial charge in [0.1, 0.15) is 17.8 Å². The van der Waals surface area contributed by atoms with Gasteiger partial charge in [-0.25, -0.2) is 4.79 Å². The molecule has 1 fully saturated rings. The van der Waals surface area contributed by atoms with Gasteiger partial charge < -0.3 is 51.8 Å². The minimum atomic E-state index is -1.14. The number of carbonyl (C=O) groups is 7. The molecule has 0 saturated carbocycles. The first-order valence-corrected chi connectivity index (χ1v) is 23.2. The van der Waals surface area contributed by atoms with Crippen molar-refractivity contribution in [3.8, 4) is 16.9 Å². The van der Waals surface area contributed by atoms with Crippen LogP contribution in [0.4, 0.5) is 0 Å². The predicted octanol–water partition coefficient (Wildman–Crippen LogP) is 2.60. The second-order valence-electron chi connectivity index (χ2n) is 17.2. The number of piperidine rings is 1. The van der Waals surface area contributed by atoms with Crippen molar-refractivity contribution in [3.05, 3.63) is 138 Å². The zero-order valence-corrected chi connectivity index (χ0v) is 38.7. The number of ether oxygens (including phenoxy) is 2. The summed E-state index contributed by atoms with van der Waals surface area (Å²) >= 11 is 0. The van der Waals surface area contributed by atoms with E-state index < -0.39 is 65.0 Å². The molecule has 8 N–H and O–H groups in total. The SMILES string of the molecule is C[C@@H](Oc1ccc(-c2ccc(CC3NC(=O)[C@]4(Cc5ccccc5)CCCN(C4)C(=O)/C=C/C(=O)NCC[C@@H](C(=O)NCCOCCN)NC(=O)Cc4ccccc4CNC3=O)cc2)cc1)C(=O)O. The van der Waals surface area contributed by atoms with E-state index in [2.05, 4.69) is 26.6 Å². The van der Waals surface area contributed by atoms with Gasteiger partial charge in [-0.3, -0.25) is 28.8 Å². The lowest BCUT2D eigenvalue weighted by atomic mass is 9.74. The topological polar surface area (TPSA) is 248 Å². The van der Waals surface area contributed by atoms with Gasteiger partial charge in [0, 0.05) is 57.8 Å². The Morgan fingerprint density at radius 1 is 0.841 bits per heavy atom. The summed E-state index contributed by atoms with van der Waals surface area (Å²) in [6, 6.07) is 29.0. The number of benzene rings is 4. The molecule has 6 amide bonds. The highest BCUT2D eigenvalue weighted by Gasteiger charge is 2.44. The number of carbonyl (C=O) groups excluding carboxylic acids is 6. The van der Waals surface area contributed by atoms with E-state index in [1.165, 1.54) is 6.92 Å². The highest BCUT2D eigenvalue weighted by atomic mass is 16.5. The first-order chi connectivity index (χ1) is 33.3. The van der Waals surface area contributed by atoms with Crippen LogP contribution >= 0.6 is 0 Å². The monoisotopic (exact) mass is 943 g/mol. The van der Waals surface area contributed by atoms with Crippen molar-refractivity contribution in [2.75, 3.05) is 45.9 Å². The molecule has 1 unspecified atom stereocenters. The molecule has 4 atom stereocenters. The Bertz CT molecular complexity index is 2450. The van der Waals surface area contributed by atoms with Crippen LogP contribution in [0.25, 0.3) is 11.1 Å². The molecule has 4 aromatic carbocycles. The van der Waals surface area contributed by atoms with Crippen molar-refractivity contribution in [2.24, 2.45) is 11.1 Å². The molecule has 2 heterocycles. The van der Waals surface area contributed by atoms with Gasteiger partial charge in [0.05, 0.1) is 25.0 Å². The van der Waals surface area contributed by atoms with Crippen LogP contribution in [0.5, 0.6) is 5.75 Å². The van der Waals surface area contributed by atoms with Crippen LogP contribution in [0.2, 0.25) is 0 Å². The van der Waals surface area contributed by atoms with Crippen molar-refractivity contribution < 1.29 is 48.1 Å². The maximum atomic E-state index is 14.9. The lowest BCUT2D eigenvalue weighted by molar-refractivity contribution is -0.144. The summed E-state index contributed by atoms with van der Waals surface area (Å²) < 4.78 is 10.8. The quantitative estimate of drug-likeness (QED) is 0.0906. The Morgan fingerprint density at radius 2 is 1.54 bits per heavy atom. The number of hydrogen-bond acceptors (Lipinski definition) is 10. The normalized spacial score (nSPS) is 20.6. The summed E-state index contributed by atoms with van der Waals surface area (Å²) in [6.07, 6.45) is 2.46. The Balaban J connectivity index is 1.29. The molecule has 2 aliphatic rings. The Morgan fingerprint density at radius 3 is 2.25 bits per heavy atom. The van der Waals surface area contributed by atoms with Crippen LogP contribution < -0.4 is 37.1 Å². The largest absolute Gasteiger partial charge is 0.479 e. The molecule has 2 aliphatic heterocycles. The highest BCUT2D eigenvalue weighted by Crippen LogP contribution is 2.35. The summed E-state index contributed by atoms with van der Waals surface area (Å²) in [4.78, 5) is 95.9. The fourth-order valence-electron chi connectivity index (χ4n) is 8.39. The standard InChI is InChI=1S/C52H61N7O10/c1-35(50(65)66)69-42-18-16-39(17-19-42)38-14-12-36(13-15-38)30-44-49(64)56-33-41-11-6-5-10-40(41)31-46(61)57-43(48(63)55-26-29-68-28-24-53)22-25-54-45(60)20-21-47(62)59-27-7-23-52(34-59,51(67)58-44)32-37-8-3-2-4-9-37/h2-6,8-21,35,43-44H,7,22-34,53H2,1H3,(H,54,60)(H,55,63)(H,56,64)(H,57,61)(H,58,67)(H,65,66)/b21-20+/t35-,43+,44?,52+/m1/s1. The molecule has 69 heavy (non-hydrogen) atoms. The fraction of sp³-hybridized carbons (Fsp3) is 0.365. The van der Waals surface area contributed by atoms with Crippen molar-refractivity contribution in [2.45, 2.75) is 70.2 Å². The second kappa shape index (κ2) is 25.1. The van der Waals surface area contributed by atoms with Gasteiger partial charge in [-0.1, -0.05) is 91.0 Å². The minimum absolute atomic E-state index is 0.00193. The number of aliphatic carboxylic acids is 1. The first kappa shape index (κ1) is 51.0. The van der Waals surface area contributed by atoms with Gasteiger partial charge in [-0.05, 0) is 78.1 Å². The molecule has 1 saturated heterocycles. The summed E-state index contributed by atoms with van der Waals surface area (Å²) in [6.45, 7) is 2.87. The van der Waals surface area contributed by atoms with E-state index in [0.717, 1.165) is 34.4 Å². The lowest BCUT2D eigenvalue weighted by Crippen LogP contribution is -2.58. The van der Waals surface area contributed by atoms with E-state index in [1.807, 2.05) is 66.7 Å². The van der Waals surface area contributed by atoms with Crippen LogP contribution in [-0.2, 0) is 64.1 Å². The zero-order valence-electron chi connectivity index (χ0n) is 38.7. The van der Waals surface area contributed by atoms with Crippen LogP contribution in [0.3, 0.4) is 0 Å². The molecule has 0 spiro atoms. The number of amides is 6. The summed E-state index contributed by atoms with van der Waals surface area (Å²) in [5.74, 6) is -3.53. The molecule has 4 aromatic rings. The predicted molar refractivity (Wildman–Crippen MR) is 257 cm³/mol. The highest BCUT2D eigenvalue weighted by molar-refractivity contribution is 5.97. The van der Waals surface area contributed by atoms with Crippen LogP contribution in [0.15, 0.2) is 115 Å². The molecule has 17 heteroatoms. The van der Waals surface area contributed by atoms with Crippen molar-refractivity contribution in [1.82, 2.24) is 31.5 Å². The number of nitrogens with zero attached hydrogens (tertiary/aromatic N) is 1. The molecule has 0 aliphatic carbocycles. The summed E-state index contributed by atoms with van der Waals surface area (Å²) in [7, 11) is 0. The Hall–Kier alpha value is -7.37. The molecule has 2 bridgehead atoms. The first-order valence-electron chi connectivity index (χ1n) is 23.2. The maximum Gasteiger partial charge on any atom is 0.344 e. The number of carboxylic acid groups (broad SMARTS) is 1. The Labute approximate surface area is 401 Å². The average Bonchev–Trinajstić information content (AvgIpc) is 3.35. The second-order valence-corrected chi connectivity index (χ2v) is 17.2. The molecule has 0 aromatic heterocycles. The lowest BCUT2D eigenvalue weighted by Gasteiger charge is -2.42. The van der Waals surface area contributed by atoms with Gasteiger partial charge >= 0.3 is 5.97 Å². The van der Waals surface area contributed by atoms with E-state index >= 15 is 0 Å². The van der Waals surface area contributed by atoms with E-state index in [0.29, 0.717) is 49.4 Å². The number of rotatable bonds is 14. The van der Waals surface area contributed by atoms with Gasteiger partial charge in [0.15, 0.2) is 6.10 Å². The minimum Gasteiger partial charge on any atom is -0.479 e. The number of nitrogens with two attached hydrogens (primary N) is 1. The summed E-state index contributed by atoms with van der Waals surface area (Å²) in [5, 5.41) is 23.6. The van der Waals surface area contributed by atoms with E-state index in [-0.39, 0.29) is 58.5 Å². The maximum absolute atomic E-state index is 14.9. The van der Waals surface area contributed by atoms with E-state index in [4.69, 9.17) is 15.2 Å². The van der Waals surface area contributed by atoms with Crippen LogP contribution in [0, 0.1) is 5.41 Å². The van der Waals surface area contributed by atoms with Crippen molar-refractivity contribution in [1.29, 1.82) is 0 Å². The fourth-order valence-corrected chi connectivity index (χ4v) is 8.39. The molecular formula is C52H61N7O10. The third-order valence-corrected chi connectivity index (χ3v) is 12.1. The van der Waals surface area contributed by atoms with Crippen molar-refractivity contribution >= 4 is 41.4 Å². The molecule has 6 rings (SSSR count).